The molecule has 1 heterocycles. The SMILES string of the molecule is Cc1[nH]nc2c1C[C@@]1(C)C(CC[C@]3(C)C1CC=C1C4CC(C)(C)CC[C@]4(C(=O)NNC(N)=S)CC[C@]13C)C2(C)C. The fourth-order valence-electron chi connectivity index (χ4n) is 11.4. The number of hydrogen-bond donors (Lipinski definition) is 4. The van der Waals surface area contributed by atoms with Crippen molar-refractivity contribution in [1.29, 1.82) is 0 Å². The topological polar surface area (TPSA) is 95.8 Å². The van der Waals surface area contributed by atoms with Gasteiger partial charge in [-0.25, -0.2) is 0 Å². The van der Waals surface area contributed by atoms with Gasteiger partial charge < -0.3 is 5.73 Å². The van der Waals surface area contributed by atoms with Gasteiger partial charge in [-0.3, -0.25) is 20.7 Å². The number of hydrazine groups is 1. The smallest absolute Gasteiger partial charge is 0.245 e. The molecule has 7 heteroatoms. The molecule has 6 rings (SSSR count). The van der Waals surface area contributed by atoms with Crippen LogP contribution in [0.25, 0.3) is 0 Å². The summed E-state index contributed by atoms with van der Waals surface area (Å²) in [5.74, 6) is 1.53. The van der Waals surface area contributed by atoms with E-state index in [0.717, 1.165) is 44.9 Å². The zero-order chi connectivity index (χ0) is 29.1. The number of hydrogen-bond acceptors (Lipinski definition) is 3. The summed E-state index contributed by atoms with van der Waals surface area (Å²) >= 11 is 5.02. The summed E-state index contributed by atoms with van der Waals surface area (Å²) in [5.41, 5.74) is 17.3. The van der Waals surface area contributed by atoms with E-state index >= 15 is 0 Å². The molecule has 0 aliphatic heterocycles. The second-order valence-corrected chi connectivity index (χ2v) is 16.8. The normalized spacial score (nSPS) is 42.6. The number of aromatic nitrogens is 2. The van der Waals surface area contributed by atoms with Crippen LogP contribution in [-0.2, 0) is 16.6 Å². The van der Waals surface area contributed by atoms with Crippen LogP contribution < -0.4 is 16.6 Å². The van der Waals surface area contributed by atoms with E-state index in [-0.39, 0.29) is 44.0 Å². The number of nitrogens with one attached hydrogen (secondary N) is 3. The number of fused-ring (bicyclic) bond motifs is 8. The molecule has 7 atom stereocenters. The molecule has 1 aromatic rings. The summed E-state index contributed by atoms with van der Waals surface area (Å²) in [6.07, 6.45) is 12.4. The van der Waals surface area contributed by atoms with Gasteiger partial charge in [0.15, 0.2) is 5.11 Å². The molecule has 3 saturated carbocycles. The third-order valence-corrected chi connectivity index (χ3v) is 13.9. The van der Waals surface area contributed by atoms with Crippen molar-refractivity contribution in [3.05, 3.63) is 28.6 Å². The van der Waals surface area contributed by atoms with E-state index in [1.54, 1.807) is 5.57 Å². The van der Waals surface area contributed by atoms with Crippen molar-refractivity contribution < 1.29 is 4.79 Å². The second kappa shape index (κ2) is 8.58. The number of H-pyrrole nitrogens is 1. The lowest BCUT2D eigenvalue weighted by molar-refractivity contribution is -0.167. The van der Waals surface area contributed by atoms with Gasteiger partial charge in [-0.05, 0) is 122 Å². The maximum Gasteiger partial charge on any atom is 0.245 e. The lowest BCUT2D eigenvalue weighted by Crippen LogP contribution is -2.65. The van der Waals surface area contributed by atoms with Crippen molar-refractivity contribution in [1.82, 2.24) is 21.0 Å². The van der Waals surface area contributed by atoms with Gasteiger partial charge in [-0.15, -0.1) is 0 Å². The number of allylic oxidation sites excluding steroid dienone is 2. The van der Waals surface area contributed by atoms with Gasteiger partial charge in [0.05, 0.1) is 11.1 Å². The van der Waals surface area contributed by atoms with E-state index in [1.165, 1.54) is 29.8 Å². The highest BCUT2D eigenvalue weighted by Crippen LogP contribution is 2.75. The Morgan fingerprint density at radius 1 is 1.02 bits per heavy atom. The second-order valence-electron chi connectivity index (χ2n) is 16.4. The number of carbonyl (C=O) groups excluding carboxylic acids is 1. The number of carbonyl (C=O) groups is 1. The van der Waals surface area contributed by atoms with E-state index < -0.39 is 5.41 Å². The first-order chi connectivity index (χ1) is 18.5. The Kier molecular flexibility index (Phi) is 6.06. The molecule has 1 amide bonds. The summed E-state index contributed by atoms with van der Waals surface area (Å²) < 4.78 is 0. The summed E-state index contributed by atoms with van der Waals surface area (Å²) in [6, 6.07) is 0. The van der Waals surface area contributed by atoms with Gasteiger partial charge in [0, 0.05) is 11.1 Å². The van der Waals surface area contributed by atoms with Gasteiger partial charge in [0.2, 0.25) is 5.91 Å². The highest BCUT2D eigenvalue weighted by atomic mass is 32.1. The minimum absolute atomic E-state index is 0.0586. The molecule has 1 aromatic heterocycles. The molecule has 5 N–H and O–H groups in total. The van der Waals surface area contributed by atoms with Crippen LogP contribution in [0.3, 0.4) is 0 Å². The zero-order valence-electron chi connectivity index (χ0n) is 26.0. The largest absolute Gasteiger partial charge is 0.375 e. The Morgan fingerprint density at radius 2 is 1.73 bits per heavy atom. The van der Waals surface area contributed by atoms with Crippen LogP contribution in [0.15, 0.2) is 11.6 Å². The van der Waals surface area contributed by atoms with Gasteiger partial charge in [0.25, 0.3) is 0 Å². The molecule has 6 nitrogen and oxygen atoms in total. The van der Waals surface area contributed by atoms with E-state index in [4.69, 9.17) is 23.1 Å². The van der Waals surface area contributed by atoms with Gasteiger partial charge in [-0.1, -0.05) is 60.1 Å². The predicted octanol–water partition coefficient (Wildman–Crippen LogP) is 6.40. The number of nitrogens with two attached hydrogens (primary N) is 1. The van der Waals surface area contributed by atoms with Gasteiger partial charge in [-0.2, -0.15) is 5.10 Å². The zero-order valence-corrected chi connectivity index (χ0v) is 26.8. The predicted molar refractivity (Wildman–Crippen MR) is 164 cm³/mol. The summed E-state index contributed by atoms with van der Waals surface area (Å²) in [4.78, 5) is 13.9. The summed E-state index contributed by atoms with van der Waals surface area (Å²) in [6.45, 7) is 19.7. The lowest BCUT2D eigenvalue weighted by Gasteiger charge is -2.70. The Morgan fingerprint density at radius 3 is 2.42 bits per heavy atom. The van der Waals surface area contributed by atoms with Crippen molar-refractivity contribution in [2.24, 2.45) is 50.6 Å². The number of rotatable bonds is 1. The van der Waals surface area contributed by atoms with Crippen molar-refractivity contribution in [2.45, 2.75) is 119 Å². The minimum Gasteiger partial charge on any atom is -0.375 e. The molecule has 0 spiro atoms. The first-order valence-electron chi connectivity index (χ1n) is 15.6. The molecular formula is C33H51N5OS. The molecular weight excluding hydrogens is 514 g/mol. The van der Waals surface area contributed by atoms with E-state index in [9.17, 15) is 4.79 Å². The van der Waals surface area contributed by atoms with E-state index in [1.807, 2.05) is 0 Å². The minimum atomic E-state index is -0.404. The number of aryl methyl sites for hydroxylation is 1. The maximum absolute atomic E-state index is 13.9. The Balaban J connectivity index is 1.43. The maximum atomic E-state index is 13.9. The standard InChI is InChI=1S/C33H51N5OS/c1-19-20-17-30(6)23(29(4,5)25(20)36-35-19)11-12-32(8)24(30)10-9-21-22-18-28(2,3)13-15-33(22,16-14-31(21,32)7)26(39)37-38-27(34)40/h9,22-24H,10-18H2,1-8H3,(H,35,36)(H,37,39)(H3,34,38,40)/t22?,23?,24?,30-,31+,32+,33-/m0/s1. The van der Waals surface area contributed by atoms with Crippen LogP contribution in [0.5, 0.6) is 0 Å². The molecule has 40 heavy (non-hydrogen) atoms. The number of thiocarbonyl (C=S) groups is 1. The average molecular weight is 566 g/mol. The third kappa shape index (κ3) is 3.54. The molecule has 3 fully saturated rings. The first-order valence-corrected chi connectivity index (χ1v) is 16.0. The quantitative estimate of drug-likeness (QED) is 0.180. The van der Waals surface area contributed by atoms with Gasteiger partial charge >= 0.3 is 0 Å². The van der Waals surface area contributed by atoms with E-state index in [0.29, 0.717) is 11.8 Å². The lowest BCUT2D eigenvalue weighted by atomic mass is 9.33. The monoisotopic (exact) mass is 565 g/mol. The highest BCUT2D eigenvalue weighted by molar-refractivity contribution is 7.80. The summed E-state index contributed by atoms with van der Waals surface area (Å²) in [5, 5.41) is 8.30. The molecule has 0 radical (unpaired) electrons. The number of nitrogens with zero attached hydrogens (tertiary/aromatic N) is 1. The van der Waals surface area contributed by atoms with Crippen LogP contribution >= 0.6 is 12.2 Å². The highest BCUT2D eigenvalue weighted by Gasteiger charge is 2.69. The van der Waals surface area contributed by atoms with Crippen LogP contribution in [-0.4, -0.2) is 21.2 Å². The number of aromatic amines is 1. The Hall–Kier alpha value is -1.89. The van der Waals surface area contributed by atoms with E-state index in [2.05, 4.69) is 77.4 Å². The summed E-state index contributed by atoms with van der Waals surface area (Å²) in [7, 11) is 0. The molecule has 5 aliphatic rings. The van der Waals surface area contributed by atoms with Gasteiger partial charge in [0.1, 0.15) is 0 Å². The van der Waals surface area contributed by atoms with Crippen LogP contribution in [0, 0.1) is 51.8 Å². The molecule has 0 aromatic carbocycles. The molecule has 5 aliphatic carbocycles. The van der Waals surface area contributed by atoms with Crippen molar-refractivity contribution in [3.8, 4) is 0 Å². The van der Waals surface area contributed by atoms with Crippen molar-refractivity contribution in [2.75, 3.05) is 0 Å². The Labute approximate surface area is 246 Å². The molecule has 0 saturated heterocycles. The number of amides is 1. The van der Waals surface area contributed by atoms with Crippen LogP contribution in [0.1, 0.15) is 117 Å². The third-order valence-electron chi connectivity index (χ3n) is 13.8. The first kappa shape index (κ1) is 28.2. The Bertz CT molecular complexity index is 1300. The molecule has 0 bridgehead atoms. The average Bonchev–Trinajstić information content (AvgIpc) is 3.23. The fraction of sp³-hybridized carbons (Fsp3) is 0.788. The molecule has 220 valence electrons. The van der Waals surface area contributed by atoms with Crippen molar-refractivity contribution in [3.63, 3.8) is 0 Å². The van der Waals surface area contributed by atoms with Crippen LogP contribution in [0.2, 0.25) is 0 Å². The fourth-order valence-corrected chi connectivity index (χ4v) is 11.5. The molecule has 3 unspecified atom stereocenters. The van der Waals surface area contributed by atoms with Crippen molar-refractivity contribution >= 4 is 23.2 Å². The van der Waals surface area contributed by atoms with Crippen LogP contribution in [0.4, 0.5) is 0 Å².